The molecule has 18 heavy (non-hydrogen) atoms. The van der Waals surface area contributed by atoms with Gasteiger partial charge in [-0.1, -0.05) is 0 Å². The predicted molar refractivity (Wildman–Crippen MR) is 71.5 cm³/mol. The summed E-state index contributed by atoms with van der Waals surface area (Å²) in [5, 5.41) is 12.9. The first kappa shape index (κ1) is 13.2. The van der Waals surface area contributed by atoms with Gasteiger partial charge in [0, 0.05) is 43.1 Å². The highest BCUT2D eigenvalue weighted by Crippen LogP contribution is 2.15. The van der Waals surface area contributed by atoms with Crippen LogP contribution in [0.3, 0.4) is 0 Å². The molecule has 0 amide bonds. The van der Waals surface area contributed by atoms with Crippen LogP contribution in [0.2, 0.25) is 0 Å². The third-order valence-corrected chi connectivity index (χ3v) is 2.96. The van der Waals surface area contributed by atoms with E-state index in [0.29, 0.717) is 12.5 Å². The Balaban J connectivity index is 1.93. The Morgan fingerprint density at radius 3 is 2.56 bits per heavy atom. The highest BCUT2D eigenvalue weighted by molar-refractivity contribution is 5.31. The van der Waals surface area contributed by atoms with Crippen LogP contribution in [-0.2, 0) is 6.54 Å². The van der Waals surface area contributed by atoms with Gasteiger partial charge in [-0.15, -0.1) is 0 Å². The average molecular weight is 250 g/mol. The fourth-order valence-electron chi connectivity index (χ4n) is 1.89. The summed E-state index contributed by atoms with van der Waals surface area (Å²) in [6.45, 7) is 8.64. The molecule has 1 aromatic heterocycles. The van der Waals surface area contributed by atoms with E-state index in [1.807, 2.05) is 17.3 Å². The molecule has 2 N–H and O–H groups in total. The molecule has 5 nitrogen and oxygen atoms in total. The molecule has 100 valence electrons. The first-order valence-electron chi connectivity index (χ1n) is 6.43. The van der Waals surface area contributed by atoms with Gasteiger partial charge in [0.15, 0.2) is 0 Å². The van der Waals surface area contributed by atoms with Crippen molar-refractivity contribution in [1.29, 1.82) is 0 Å². The zero-order chi connectivity index (χ0) is 13.2. The molecule has 0 aromatic carbocycles. The van der Waals surface area contributed by atoms with Gasteiger partial charge < -0.3 is 15.3 Å². The van der Waals surface area contributed by atoms with Gasteiger partial charge in [-0.25, -0.2) is 9.97 Å². The number of nitrogens with one attached hydrogen (secondary N) is 1. The maximum Gasteiger partial charge on any atom is 0.225 e. The summed E-state index contributed by atoms with van der Waals surface area (Å²) in [6.07, 6.45) is 4.27. The van der Waals surface area contributed by atoms with E-state index in [9.17, 15) is 5.11 Å². The highest BCUT2D eigenvalue weighted by Gasteiger charge is 2.22. The molecular weight excluding hydrogens is 228 g/mol. The van der Waals surface area contributed by atoms with Gasteiger partial charge in [0.25, 0.3) is 0 Å². The van der Waals surface area contributed by atoms with Crippen molar-refractivity contribution in [3.05, 3.63) is 18.0 Å². The van der Waals surface area contributed by atoms with Crippen molar-refractivity contribution in [2.24, 2.45) is 0 Å². The van der Waals surface area contributed by atoms with Gasteiger partial charge in [-0.3, -0.25) is 0 Å². The second kappa shape index (κ2) is 5.20. The van der Waals surface area contributed by atoms with E-state index in [1.165, 1.54) is 0 Å². The van der Waals surface area contributed by atoms with E-state index in [0.717, 1.165) is 25.1 Å². The third-order valence-electron chi connectivity index (χ3n) is 2.96. The molecule has 1 saturated heterocycles. The molecule has 1 atom stereocenters. The Morgan fingerprint density at radius 2 is 2.06 bits per heavy atom. The molecule has 0 saturated carbocycles. The number of hydrogen-bond acceptors (Lipinski definition) is 5. The number of β-amino-alcohol motifs (C(OH)–C–C–N with tert-alkyl or cyclic N) is 1. The first-order chi connectivity index (χ1) is 8.44. The third kappa shape index (κ3) is 3.65. The summed E-state index contributed by atoms with van der Waals surface area (Å²) in [4.78, 5) is 10.7. The second-order valence-electron chi connectivity index (χ2n) is 5.88. The number of hydrogen-bond donors (Lipinski definition) is 2. The zero-order valence-corrected chi connectivity index (χ0v) is 11.3. The molecule has 0 aliphatic carbocycles. The molecule has 0 bridgehead atoms. The minimum atomic E-state index is -0.240. The molecule has 2 rings (SSSR count). The SMILES string of the molecule is CC(C)(C)NCc1cnc(N2CCC(O)C2)nc1. The van der Waals surface area contributed by atoms with Crippen LogP contribution in [0.15, 0.2) is 12.4 Å². The number of aromatic nitrogens is 2. The van der Waals surface area contributed by atoms with E-state index in [2.05, 4.69) is 36.1 Å². The quantitative estimate of drug-likeness (QED) is 0.836. The molecule has 1 unspecified atom stereocenters. The largest absolute Gasteiger partial charge is 0.391 e. The van der Waals surface area contributed by atoms with Crippen LogP contribution in [0.25, 0.3) is 0 Å². The highest BCUT2D eigenvalue weighted by atomic mass is 16.3. The summed E-state index contributed by atoms with van der Waals surface area (Å²) in [5.74, 6) is 0.714. The maximum atomic E-state index is 9.48. The van der Waals surface area contributed by atoms with Crippen LogP contribution in [0.1, 0.15) is 32.8 Å². The number of rotatable bonds is 3. The predicted octanol–water partition coefficient (Wildman–Crippen LogP) is 0.936. The standard InChI is InChI=1S/C13H22N4O/c1-13(2,3)16-8-10-6-14-12(15-7-10)17-5-4-11(18)9-17/h6-7,11,16,18H,4-5,8-9H2,1-3H3. The van der Waals surface area contributed by atoms with Crippen molar-refractivity contribution in [3.63, 3.8) is 0 Å². The van der Waals surface area contributed by atoms with Crippen molar-refractivity contribution in [2.45, 2.75) is 45.4 Å². The number of nitrogens with zero attached hydrogens (tertiary/aromatic N) is 3. The summed E-state index contributed by atoms with van der Waals surface area (Å²) in [6, 6.07) is 0. The smallest absolute Gasteiger partial charge is 0.225 e. The van der Waals surface area contributed by atoms with Gasteiger partial charge in [0.05, 0.1) is 6.10 Å². The Kier molecular flexibility index (Phi) is 3.82. The molecule has 1 aromatic rings. The second-order valence-corrected chi connectivity index (χ2v) is 5.88. The summed E-state index contributed by atoms with van der Waals surface area (Å²) in [7, 11) is 0. The van der Waals surface area contributed by atoms with Gasteiger partial charge >= 0.3 is 0 Å². The molecule has 0 spiro atoms. The molecule has 1 fully saturated rings. The maximum absolute atomic E-state index is 9.48. The fourth-order valence-corrected chi connectivity index (χ4v) is 1.89. The lowest BCUT2D eigenvalue weighted by molar-refractivity contribution is 0.198. The number of anilines is 1. The van der Waals surface area contributed by atoms with Crippen molar-refractivity contribution in [1.82, 2.24) is 15.3 Å². The van der Waals surface area contributed by atoms with Crippen LogP contribution in [-0.4, -0.2) is 39.8 Å². The van der Waals surface area contributed by atoms with Crippen LogP contribution >= 0.6 is 0 Å². The van der Waals surface area contributed by atoms with E-state index in [4.69, 9.17) is 0 Å². The Hall–Kier alpha value is -1.20. The van der Waals surface area contributed by atoms with Crippen LogP contribution in [0.4, 0.5) is 5.95 Å². The normalized spacial score (nSPS) is 20.4. The molecule has 0 radical (unpaired) electrons. The lowest BCUT2D eigenvalue weighted by atomic mass is 10.1. The number of aliphatic hydroxyl groups excluding tert-OH is 1. The van der Waals surface area contributed by atoms with Crippen LogP contribution < -0.4 is 10.2 Å². The summed E-state index contributed by atoms with van der Waals surface area (Å²) >= 11 is 0. The van der Waals surface area contributed by atoms with Gasteiger partial charge in [0.1, 0.15) is 0 Å². The van der Waals surface area contributed by atoms with Crippen molar-refractivity contribution in [3.8, 4) is 0 Å². The van der Waals surface area contributed by atoms with E-state index in [-0.39, 0.29) is 11.6 Å². The van der Waals surface area contributed by atoms with Crippen LogP contribution in [0, 0.1) is 0 Å². The van der Waals surface area contributed by atoms with Crippen molar-refractivity contribution in [2.75, 3.05) is 18.0 Å². The molecular formula is C13H22N4O. The molecule has 1 aliphatic heterocycles. The Bertz CT molecular complexity index is 385. The lowest BCUT2D eigenvalue weighted by Crippen LogP contribution is -2.35. The van der Waals surface area contributed by atoms with Gasteiger partial charge in [-0.2, -0.15) is 0 Å². The van der Waals surface area contributed by atoms with Crippen molar-refractivity contribution < 1.29 is 5.11 Å². The zero-order valence-electron chi connectivity index (χ0n) is 11.3. The fraction of sp³-hybridized carbons (Fsp3) is 0.692. The average Bonchev–Trinajstić information content (AvgIpc) is 2.73. The van der Waals surface area contributed by atoms with E-state index < -0.39 is 0 Å². The Labute approximate surface area is 108 Å². The first-order valence-corrected chi connectivity index (χ1v) is 6.43. The lowest BCUT2D eigenvalue weighted by Gasteiger charge is -2.20. The van der Waals surface area contributed by atoms with E-state index >= 15 is 0 Å². The van der Waals surface area contributed by atoms with Gasteiger partial charge in [0.2, 0.25) is 5.95 Å². The minimum Gasteiger partial charge on any atom is -0.391 e. The molecule has 2 heterocycles. The molecule has 5 heteroatoms. The topological polar surface area (TPSA) is 61.3 Å². The minimum absolute atomic E-state index is 0.0950. The van der Waals surface area contributed by atoms with E-state index in [1.54, 1.807) is 0 Å². The molecule has 1 aliphatic rings. The monoisotopic (exact) mass is 250 g/mol. The summed E-state index contributed by atoms with van der Waals surface area (Å²) < 4.78 is 0. The van der Waals surface area contributed by atoms with Crippen LogP contribution in [0.5, 0.6) is 0 Å². The number of aliphatic hydroxyl groups is 1. The summed E-state index contributed by atoms with van der Waals surface area (Å²) in [5.41, 5.74) is 1.17. The Morgan fingerprint density at radius 1 is 1.39 bits per heavy atom. The van der Waals surface area contributed by atoms with Crippen molar-refractivity contribution >= 4 is 5.95 Å². The van der Waals surface area contributed by atoms with Gasteiger partial charge in [-0.05, 0) is 27.2 Å².